The van der Waals surface area contributed by atoms with Crippen LogP contribution in [0.2, 0.25) is 0 Å². The van der Waals surface area contributed by atoms with Gasteiger partial charge in [-0.1, -0.05) is 18.2 Å². The zero-order valence-corrected chi connectivity index (χ0v) is 12.6. The van der Waals surface area contributed by atoms with Crippen LogP contribution in [0.15, 0.2) is 53.4 Å². The molecular weight excluding hydrogens is 289 g/mol. The Bertz CT molecular complexity index is 580. The van der Waals surface area contributed by atoms with Crippen molar-refractivity contribution in [1.82, 2.24) is 0 Å². The van der Waals surface area contributed by atoms with Crippen LogP contribution in [-0.4, -0.2) is 30.6 Å². The number of anilines is 1. The lowest BCUT2D eigenvalue weighted by Gasteiger charge is -2.14. The second-order valence-electron chi connectivity index (χ2n) is 4.51. The largest absolute Gasteiger partial charge is 0.488 e. The van der Waals surface area contributed by atoms with Crippen molar-refractivity contribution < 1.29 is 14.2 Å². The second-order valence-corrected chi connectivity index (χ2v) is 5.39. The average molecular weight is 307 g/mol. The highest BCUT2D eigenvalue weighted by Gasteiger charge is 2.08. The molecule has 2 aromatic carbocycles. The van der Waals surface area contributed by atoms with Gasteiger partial charge in [-0.2, -0.15) is 0 Å². The molecule has 0 spiro atoms. The number of para-hydroxylation sites is 1. The molecule has 0 saturated heterocycles. The Morgan fingerprint density at radius 1 is 1.24 bits per heavy atom. The summed E-state index contributed by atoms with van der Waals surface area (Å²) >= 11 is 1.66. The standard InChI is InChI=1S/C16H18FNO2S/c1-21-14-6-4-5-12(9-14)18-10-13(19)11-20-16-8-3-2-7-15(16)17/h2-9,13,18-19H,10-11H2,1H3. The number of halogens is 1. The first kappa shape index (κ1) is 15.7. The van der Waals surface area contributed by atoms with Crippen molar-refractivity contribution in [2.45, 2.75) is 11.0 Å². The molecule has 0 saturated carbocycles. The highest BCUT2D eigenvalue weighted by atomic mass is 32.2. The molecule has 0 amide bonds. The first-order chi connectivity index (χ1) is 10.2. The summed E-state index contributed by atoms with van der Waals surface area (Å²) < 4.78 is 18.6. The molecule has 0 aliphatic carbocycles. The topological polar surface area (TPSA) is 41.5 Å². The fraction of sp³-hybridized carbons (Fsp3) is 0.250. The fourth-order valence-corrected chi connectivity index (χ4v) is 2.23. The maximum absolute atomic E-state index is 13.3. The highest BCUT2D eigenvalue weighted by molar-refractivity contribution is 7.98. The van der Waals surface area contributed by atoms with Gasteiger partial charge in [0.05, 0.1) is 0 Å². The average Bonchev–Trinajstić information content (AvgIpc) is 2.52. The molecular formula is C16H18FNO2S. The van der Waals surface area contributed by atoms with Crippen LogP contribution in [0, 0.1) is 5.82 Å². The molecule has 21 heavy (non-hydrogen) atoms. The molecule has 0 fully saturated rings. The molecule has 2 aromatic rings. The van der Waals surface area contributed by atoms with E-state index in [1.807, 2.05) is 30.5 Å². The molecule has 2 N–H and O–H groups in total. The predicted molar refractivity (Wildman–Crippen MR) is 84.6 cm³/mol. The van der Waals surface area contributed by atoms with E-state index in [0.29, 0.717) is 6.54 Å². The maximum atomic E-state index is 13.3. The highest BCUT2D eigenvalue weighted by Crippen LogP contribution is 2.19. The van der Waals surface area contributed by atoms with Gasteiger partial charge in [0.2, 0.25) is 0 Å². The molecule has 0 bridgehead atoms. The predicted octanol–water partition coefficient (Wildman–Crippen LogP) is 3.40. The van der Waals surface area contributed by atoms with Crippen LogP contribution in [0.5, 0.6) is 5.75 Å². The van der Waals surface area contributed by atoms with Crippen molar-refractivity contribution in [2.24, 2.45) is 0 Å². The van der Waals surface area contributed by atoms with Crippen LogP contribution in [0.1, 0.15) is 0 Å². The normalized spacial score (nSPS) is 12.0. The first-order valence-corrected chi connectivity index (χ1v) is 7.85. The lowest BCUT2D eigenvalue weighted by Crippen LogP contribution is -2.26. The number of thioether (sulfide) groups is 1. The zero-order chi connectivity index (χ0) is 15.1. The summed E-state index contributed by atoms with van der Waals surface area (Å²) in [4.78, 5) is 1.15. The Kier molecular flexibility index (Phi) is 5.90. The first-order valence-electron chi connectivity index (χ1n) is 6.62. The Morgan fingerprint density at radius 2 is 2.05 bits per heavy atom. The number of hydrogen-bond donors (Lipinski definition) is 2. The summed E-state index contributed by atoms with van der Waals surface area (Å²) in [5.41, 5.74) is 0.937. The molecule has 112 valence electrons. The number of aliphatic hydroxyl groups is 1. The minimum atomic E-state index is -0.720. The van der Waals surface area contributed by atoms with Gasteiger partial charge in [0.1, 0.15) is 12.7 Å². The van der Waals surface area contributed by atoms with Gasteiger partial charge in [-0.15, -0.1) is 11.8 Å². The summed E-state index contributed by atoms with van der Waals surface area (Å²) in [6.07, 6.45) is 1.29. The quantitative estimate of drug-likeness (QED) is 0.769. The molecule has 5 heteroatoms. The van der Waals surface area contributed by atoms with Crippen LogP contribution in [0.3, 0.4) is 0 Å². The van der Waals surface area contributed by atoms with Crippen molar-refractivity contribution in [3.05, 3.63) is 54.3 Å². The molecule has 1 unspecified atom stereocenters. The molecule has 0 radical (unpaired) electrons. The van der Waals surface area contributed by atoms with E-state index >= 15 is 0 Å². The van der Waals surface area contributed by atoms with E-state index in [2.05, 4.69) is 5.32 Å². The Hall–Kier alpha value is -1.72. The zero-order valence-electron chi connectivity index (χ0n) is 11.8. The van der Waals surface area contributed by atoms with Gasteiger partial charge < -0.3 is 15.2 Å². The SMILES string of the molecule is CSc1cccc(NCC(O)COc2ccccc2F)c1. The summed E-state index contributed by atoms with van der Waals surface area (Å²) in [6.45, 7) is 0.377. The number of nitrogens with one attached hydrogen (secondary N) is 1. The second kappa shape index (κ2) is 7.90. The van der Waals surface area contributed by atoms with E-state index in [4.69, 9.17) is 4.74 Å². The van der Waals surface area contributed by atoms with Crippen LogP contribution in [0.4, 0.5) is 10.1 Å². The van der Waals surface area contributed by atoms with E-state index < -0.39 is 11.9 Å². The third kappa shape index (κ3) is 4.95. The maximum Gasteiger partial charge on any atom is 0.165 e. The molecule has 0 aliphatic heterocycles. The third-order valence-corrected chi connectivity index (χ3v) is 3.60. The molecule has 3 nitrogen and oxygen atoms in total. The van der Waals surface area contributed by atoms with Crippen molar-refractivity contribution in [1.29, 1.82) is 0 Å². The Morgan fingerprint density at radius 3 is 2.81 bits per heavy atom. The molecule has 0 aliphatic rings. The minimum absolute atomic E-state index is 0.0378. The Labute approximate surface area is 128 Å². The molecule has 0 aromatic heterocycles. The minimum Gasteiger partial charge on any atom is -0.488 e. The number of hydrogen-bond acceptors (Lipinski definition) is 4. The lowest BCUT2D eigenvalue weighted by atomic mass is 10.3. The third-order valence-electron chi connectivity index (χ3n) is 2.88. The van der Waals surface area contributed by atoms with E-state index in [1.165, 1.54) is 12.1 Å². The fourth-order valence-electron chi connectivity index (χ4n) is 1.78. The van der Waals surface area contributed by atoms with E-state index in [-0.39, 0.29) is 12.4 Å². The van der Waals surface area contributed by atoms with E-state index in [9.17, 15) is 9.50 Å². The summed E-state index contributed by atoms with van der Waals surface area (Å²) in [5.74, 6) is -0.272. The number of aliphatic hydroxyl groups excluding tert-OH is 1. The van der Waals surface area contributed by atoms with Gasteiger partial charge in [-0.25, -0.2) is 4.39 Å². The smallest absolute Gasteiger partial charge is 0.165 e. The van der Waals surface area contributed by atoms with Crippen LogP contribution in [0.25, 0.3) is 0 Å². The van der Waals surface area contributed by atoms with Gasteiger partial charge in [-0.3, -0.25) is 0 Å². The van der Waals surface area contributed by atoms with Gasteiger partial charge in [0.15, 0.2) is 11.6 Å². The van der Waals surface area contributed by atoms with Gasteiger partial charge in [-0.05, 0) is 36.6 Å². The van der Waals surface area contributed by atoms with Crippen molar-refractivity contribution >= 4 is 17.4 Å². The summed E-state index contributed by atoms with van der Waals surface area (Å²) in [5, 5.41) is 13.0. The van der Waals surface area contributed by atoms with E-state index in [1.54, 1.807) is 23.9 Å². The van der Waals surface area contributed by atoms with Gasteiger partial charge in [0.25, 0.3) is 0 Å². The van der Waals surface area contributed by atoms with Crippen LogP contribution >= 0.6 is 11.8 Å². The molecule has 1 atom stereocenters. The molecule has 2 rings (SSSR count). The van der Waals surface area contributed by atoms with Crippen LogP contribution < -0.4 is 10.1 Å². The van der Waals surface area contributed by atoms with E-state index in [0.717, 1.165) is 10.6 Å². The van der Waals surface area contributed by atoms with Gasteiger partial charge >= 0.3 is 0 Å². The lowest BCUT2D eigenvalue weighted by molar-refractivity contribution is 0.115. The Balaban J connectivity index is 1.79. The number of rotatable bonds is 7. The summed E-state index contributed by atoms with van der Waals surface area (Å²) in [6, 6.07) is 14.1. The van der Waals surface area contributed by atoms with Crippen molar-refractivity contribution in [3.63, 3.8) is 0 Å². The van der Waals surface area contributed by atoms with Crippen molar-refractivity contribution in [2.75, 3.05) is 24.7 Å². The number of benzene rings is 2. The monoisotopic (exact) mass is 307 g/mol. The number of ether oxygens (including phenoxy) is 1. The van der Waals surface area contributed by atoms with Gasteiger partial charge in [0, 0.05) is 17.1 Å². The van der Waals surface area contributed by atoms with Crippen LogP contribution in [-0.2, 0) is 0 Å². The molecule has 0 heterocycles. The van der Waals surface area contributed by atoms with Crippen molar-refractivity contribution in [3.8, 4) is 5.75 Å². The summed E-state index contributed by atoms with van der Waals surface area (Å²) in [7, 11) is 0.